The van der Waals surface area contributed by atoms with Crippen molar-refractivity contribution in [1.29, 1.82) is 0 Å². The average Bonchev–Trinajstić information content (AvgIpc) is 2.65. The van der Waals surface area contributed by atoms with Crippen LogP contribution in [0.15, 0.2) is 24.3 Å². The number of hydrogen-bond acceptors (Lipinski definition) is 8. The van der Waals surface area contributed by atoms with Crippen LogP contribution in [0.1, 0.15) is 45.6 Å². The number of aromatic hydroxyl groups is 2. The highest BCUT2D eigenvalue weighted by molar-refractivity contribution is 5.94. The first-order valence-electron chi connectivity index (χ1n) is 9.61. The summed E-state index contributed by atoms with van der Waals surface area (Å²) in [5, 5.41) is 21.3. The number of unbranched alkanes of at least 4 members (excludes halogenated alkanes) is 1. The fourth-order valence-corrected chi connectivity index (χ4v) is 2.38. The highest BCUT2D eigenvalue weighted by atomic mass is 16.6. The molecule has 0 spiro atoms. The first-order chi connectivity index (χ1) is 14.0. The number of rotatable bonds is 10. The van der Waals surface area contributed by atoms with Gasteiger partial charge in [0.2, 0.25) is 5.91 Å². The van der Waals surface area contributed by atoms with E-state index in [0.717, 1.165) is 0 Å². The van der Waals surface area contributed by atoms with Gasteiger partial charge in [0.15, 0.2) is 18.1 Å². The smallest absolute Gasteiger partial charge is 0.344 e. The fourth-order valence-electron chi connectivity index (χ4n) is 2.38. The van der Waals surface area contributed by atoms with Gasteiger partial charge in [-0.1, -0.05) is 6.07 Å². The first kappa shape index (κ1) is 25.0. The van der Waals surface area contributed by atoms with Gasteiger partial charge in [0, 0.05) is 6.08 Å². The van der Waals surface area contributed by atoms with Crippen molar-refractivity contribution in [3.8, 4) is 11.5 Å². The third kappa shape index (κ3) is 9.92. The second-order valence-corrected chi connectivity index (χ2v) is 7.62. The van der Waals surface area contributed by atoms with Gasteiger partial charge in [0.1, 0.15) is 11.6 Å². The van der Waals surface area contributed by atoms with Crippen LogP contribution in [-0.4, -0.2) is 52.9 Å². The lowest BCUT2D eigenvalue weighted by molar-refractivity contribution is -0.167. The molecule has 1 aromatic rings. The number of phenolic OH excluding ortho intramolecular Hbond substituents is 2. The number of nitrogens with one attached hydrogen (secondary N) is 1. The Labute approximate surface area is 175 Å². The molecule has 1 rings (SSSR count). The molecule has 30 heavy (non-hydrogen) atoms. The lowest BCUT2D eigenvalue weighted by Gasteiger charge is -2.20. The van der Waals surface area contributed by atoms with Crippen molar-refractivity contribution in [2.24, 2.45) is 5.73 Å². The lowest BCUT2D eigenvalue weighted by Crippen LogP contribution is -2.42. The van der Waals surface area contributed by atoms with Gasteiger partial charge < -0.3 is 30.7 Å². The van der Waals surface area contributed by atoms with Crippen LogP contribution < -0.4 is 11.1 Å². The molecule has 0 saturated heterocycles. The summed E-state index contributed by atoms with van der Waals surface area (Å²) in [5.74, 6) is -2.58. The van der Waals surface area contributed by atoms with Gasteiger partial charge in [-0.25, -0.2) is 9.59 Å². The highest BCUT2D eigenvalue weighted by Gasteiger charge is 2.23. The summed E-state index contributed by atoms with van der Waals surface area (Å²) in [6, 6.07) is 3.13. The monoisotopic (exact) mass is 422 g/mol. The minimum absolute atomic E-state index is 0.274. The largest absolute Gasteiger partial charge is 0.504 e. The number of ether oxygens (including phenoxy) is 2. The van der Waals surface area contributed by atoms with Crippen molar-refractivity contribution >= 4 is 23.9 Å². The van der Waals surface area contributed by atoms with E-state index in [-0.39, 0.29) is 11.5 Å². The molecule has 9 heteroatoms. The summed E-state index contributed by atoms with van der Waals surface area (Å²) >= 11 is 0. The second-order valence-electron chi connectivity index (χ2n) is 7.62. The maximum atomic E-state index is 12.3. The highest BCUT2D eigenvalue weighted by Crippen LogP contribution is 2.25. The summed E-state index contributed by atoms with van der Waals surface area (Å²) in [6.45, 7) is 4.98. The Kier molecular flexibility index (Phi) is 9.83. The van der Waals surface area contributed by atoms with Crippen molar-refractivity contribution in [2.75, 3.05) is 13.2 Å². The maximum Gasteiger partial charge on any atom is 0.344 e. The molecule has 0 aliphatic heterocycles. The number of hydrogen-bond donors (Lipinski definition) is 4. The Bertz CT molecular complexity index is 769. The second kappa shape index (κ2) is 11.8. The van der Waals surface area contributed by atoms with E-state index in [1.165, 1.54) is 30.4 Å². The zero-order chi connectivity index (χ0) is 22.7. The molecule has 0 bridgehead atoms. The van der Waals surface area contributed by atoms with Crippen molar-refractivity contribution in [3.63, 3.8) is 0 Å². The third-order valence-corrected chi connectivity index (χ3v) is 3.73. The van der Waals surface area contributed by atoms with Crippen LogP contribution >= 0.6 is 0 Å². The molecule has 0 heterocycles. The van der Waals surface area contributed by atoms with Gasteiger partial charge in [0.25, 0.3) is 0 Å². The van der Waals surface area contributed by atoms with Crippen LogP contribution in [0.2, 0.25) is 0 Å². The minimum Gasteiger partial charge on any atom is -0.504 e. The molecule has 5 N–H and O–H groups in total. The lowest BCUT2D eigenvalue weighted by atomic mass is 10.1. The Morgan fingerprint density at radius 1 is 1.17 bits per heavy atom. The Morgan fingerprint density at radius 3 is 2.47 bits per heavy atom. The van der Waals surface area contributed by atoms with E-state index in [1.54, 1.807) is 20.8 Å². The number of phenols is 2. The molecule has 0 aromatic heterocycles. The molecule has 0 saturated carbocycles. The van der Waals surface area contributed by atoms with E-state index < -0.39 is 36.1 Å². The molecule has 9 nitrogen and oxygen atoms in total. The predicted octanol–water partition coefficient (Wildman–Crippen LogP) is 1.61. The average molecular weight is 422 g/mol. The minimum atomic E-state index is -0.954. The fraction of sp³-hybridized carbons (Fsp3) is 0.476. The van der Waals surface area contributed by atoms with E-state index in [9.17, 15) is 24.6 Å². The molecule has 166 valence electrons. The Morgan fingerprint density at radius 2 is 1.87 bits per heavy atom. The number of amides is 1. The van der Waals surface area contributed by atoms with Crippen molar-refractivity contribution in [2.45, 2.75) is 51.7 Å². The molecule has 0 aliphatic carbocycles. The zero-order valence-corrected chi connectivity index (χ0v) is 17.5. The van der Waals surface area contributed by atoms with Crippen molar-refractivity contribution in [1.82, 2.24) is 5.32 Å². The Balaban J connectivity index is 2.70. The van der Waals surface area contributed by atoms with Crippen molar-refractivity contribution < 1.29 is 34.1 Å². The maximum absolute atomic E-state index is 12.3. The van der Waals surface area contributed by atoms with Crippen LogP contribution in [0.5, 0.6) is 11.5 Å². The van der Waals surface area contributed by atoms with Gasteiger partial charge in [-0.3, -0.25) is 4.79 Å². The van der Waals surface area contributed by atoms with E-state index in [1.807, 2.05) is 0 Å². The molecule has 1 amide bonds. The standard InChI is InChI=1S/C21H30N2O7/c1-21(2,3)30-19(27)13-29-20(28)15(6-4-5-11-22)23-18(26)10-8-14-7-9-16(24)17(25)12-14/h7-10,12,15,24-25H,4-6,11,13,22H2,1-3H3,(H,23,26)/b10-8+/t15-/m0/s1. The number of esters is 2. The van der Waals surface area contributed by atoms with Crippen LogP contribution in [0, 0.1) is 0 Å². The van der Waals surface area contributed by atoms with E-state index in [4.69, 9.17) is 15.2 Å². The number of benzene rings is 1. The number of carbonyl (C=O) groups is 3. The third-order valence-electron chi connectivity index (χ3n) is 3.73. The van der Waals surface area contributed by atoms with E-state index in [2.05, 4.69) is 5.32 Å². The van der Waals surface area contributed by atoms with Gasteiger partial charge in [-0.15, -0.1) is 0 Å². The van der Waals surface area contributed by atoms with E-state index in [0.29, 0.717) is 31.4 Å². The normalized spacial score (nSPS) is 12.4. The Hall–Kier alpha value is -3.07. The van der Waals surface area contributed by atoms with Crippen LogP contribution in [0.25, 0.3) is 6.08 Å². The van der Waals surface area contributed by atoms with Crippen LogP contribution in [0.3, 0.4) is 0 Å². The molecular weight excluding hydrogens is 392 g/mol. The summed E-state index contributed by atoms with van der Waals surface area (Å²) in [7, 11) is 0. The summed E-state index contributed by atoms with van der Waals surface area (Å²) in [5.41, 5.74) is 5.25. The molecule has 0 radical (unpaired) electrons. The molecule has 1 aromatic carbocycles. The summed E-state index contributed by atoms with van der Waals surface area (Å²) in [4.78, 5) is 36.3. The molecule has 1 atom stereocenters. The molecule has 0 fully saturated rings. The van der Waals surface area contributed by atoms with Gasteiger partial charge >= 0.3 is 11.9 Å². The number of nitrogens with two attached hydrogens (primary N) is 1. The topological polar surface area (TPSA) is 148 Å². The van der Waals surface area contributed by atoms with Gasteiger partial charge in [-0.05, 0) is 70.4 Å². The molecular formula is C21H30N2O7. The zero-order valence-electron chi connectivity index (χ0n) is 17.5. The van der Waals surface area contributed by atoms with Crippen LogP contribution in [-0.2, 0) is 23.9 Å². The molecule has 0 aliphatic rings. The molecule has 0 unspecified atom stereocenters. The van der Waals surface area contributed by atoms with E-state index >= 15 is 0 Å². The number of carbonyl (C=O) groups excluding carboxylic acids is 3. The SMILES string of the molecule is CC(C)(C)OC(=O)COC(=O)[C@H](CCCCN)NC(=O)/C=C/c1ccc(O)c(O)c1. The summed E-state index contributed by atoms with van der Waals surface area (Å²) in [6.07, 6.45) is 4.14. The first-order valence-corrected chi connectivity index (χ1v) is 9.61. The predicted molar refractivity (Wildman–Crippen MR) is 110 cm³/mol. The van der Waals surface area contributed by atoms with Gasteiger partial charge in [-0.2, -0.15) is 0 Å². The van der Waals surface area contributed by atoms with Crippen molar-refractivity contribution in [3.05, 3.63) is 29.8 Å². The quantitative estimate of drug-likeness (QED) is 0.192. The summed E-state index contributed by atoms with van der Waals surface area (Å²) < 4.78 is 10.1. The van der Waals surface area contributed by atoms with Crippen LogP contribution in [0.4, 0.5) is 0 Å². The van der Waals surface area contributed by atoms with Gasteiger partial charge in [0.05, 0.1) is 0 Å².